The van der Waals surface area contributed by atoms with Crippen molar-refractivity contribution in [2.75, 3.05) is 9.80 Å². The van der Waals surface area contributed by atoms with Gasteiger partial charge in [0.05, 0.1) is 18.2 Å². The van der Waals surface area contributed by atoms with Crippen LogP contribution in [0.2, 0.25) is 5.02 Å². The van der Waals surface area contributed by atoms with Crippen LogP contribution in [-0.4, -0.2) is 6.71 Å². The molecule has 0 amide bonds. The summed E-state index contributed by atoms with van der Waals surface area (Å²) in [5.41, 5.74) is 19.5. The Labute approximate surface area is 451 Å². The molecule has 2 nitrogen and oxygen atoms in total. The van der Waals surface area contributed by atoms with Crippen molar-refractivity contribution in [3.05, 3.63) is 245 Å². The molecule has 0 fully saturated rings. The Kier molecular flexibility index (Phi) is 10.3. The van der Waals surface area contributed by atoms with Gasteiger partial charge >= 0.3 is 0 Å². The number of nitrogens with zero attached hydrogens (tertiary/aromatic N) is 2. The van der Waals surface area contributed by atoms with Gasteiger partial charge in [-0.3, -0.25) is 0 Å². The van der Waals surface area contributed by atoms with Crippen molar-refractivity contribution in [1.29, 1.82) is 0 Å². The third kappa shape index (κ3) is 8.31. The lowest BCUT2D eigenvalue weighted by Crippen LogP contribution is -2.61. The van der Waals surface area contributed by atoms with Crippen molar-refractivity contribution in [1.82, 2.24) is 0 Å². The molecular formula is C68H55BBrClN2. The largest absolute Gasteiger partial charge is 0.310 e. The van der Waals surface area contributed by atoms with E-state index in [2.05, 4.69) is 237 Å². The number of anilines is 6. The Bertz CT molecular complexity index is 3880. The SMILES string of the molecule is [2H]c1c([2H])c([2H])c(-c2ccc3c(c2)N(c2c(-c4ccccc4)cc(C(C)(C)C)cc2-c2ccccc2)c2cc(Cl)cc4c2B3c2ccc(Br)cc2N4c2c(-c3ccccc3)cc(C(C)(C)C)cc2-c2ccccc2)c([2H])c1[2H]. The fourth-order valence-corrected chi connectivity index (χ4v) is 11.5. The second-order valence-electron chi connectivity index (χ2n) is 21.2. The second-order valence-corrected chi connectivity index (χ2v) is 22.6. The summed E-state index contributed by atoms with van der Waals surface area (Å²) >= 11 is 11.7. The molecule has 12 rings (SSSR count). The number of hydrogen-bond donors (Lipinski definition) is 0. The summed E-state index contributed by atoms with van der Waals surface area (Å²) in [5, 5.41) is 0.531. The summed E-state index contributed by atoms with van der Waals surface area (Å²) in [7, 11) is 0. The van der Waals surface area contributed by atoms with E-state index in [1.807, 2.05) is 24.3 Å². The van der Waals surface area contributed by atoms with E-state index in [1.54, 1.807) is 0 Å². The average Bonchev–Trinajstić information content (AvgIpc) is 3.05. The van der Waals surface area contributed by atoms with E-state index in [1.165, 1.54) is 5.56 Å². The molecule has 0 aliphatic carbocycles. The fourth-order valence-electron chi connectivity index (χ4n) is 10.9. The van der Waals surface area contributed by atoms with Crippen LogP contribution in [-0.2, 0) is 10.8 Å². The molecule has 73 heavy (non-hydrogen) atoms. The minimum Gasteiger partial charge on any atom is -0.310 e. The summed E-state index contributed by atoms with van der Waals surface area (Å²) in [6.07, 6.45) is 0. The van der Waals surface area contributed by atoms with Crippen LogP contribution in [0.1, 0.15) is 59.5 Å². The second kappa shape index (κ2) is 18.3. The lowest BCUT2D eigenvalue weighted by Gasteiger charge is -2.46. The smallest absolute Gasteiger partial charge is 0.252 e. The highest BCUT2D eigenvalue weighted by atomic mass is 79.9. The molecule has 10 aromatic rings. The van der Waals surface area contributed by atoms with Crippen LogP contribution in [0.4, 0.5) is 34.1 Å². The molecule has 0 saturated carbocycles. The summed E-state index contributed by atoms with van der Waals surface area (Å²) in [5.74, 6) is 0. The molecule has 5 heteroatoms. The predicted molar refractivity (Wildman–Crippen MR) is 318 cm³/mol. The lowest BCUT2D eigenvalue weighted by atomic mass is 9.33. The topological polar surface area (TPSA) is 6.48 Å². The van der Waals surface area contributed by atoms with E-state index in [4.69, 9.17) is 15.7 Å². The quantitative estimate of drug-likeness (QED) is 0.147. The minimum absolute atomic E-state index is 0.135. The molecule has 2 aliphatic heterocycles. The highest BCUT2D eigenvalue weighted by Crippen LogP contribution is 2.55. The van der Waals surface area contributed by atoms with Gasteiger partial charge in [0.25, 0.3) is 6.71 Å². The average molecular weight is 1030 g/mol. The van der Waals surface area contributed by atoms with Gasteiger partial charge in [0.1, 0.15) is 0 Å². The number of rotatable bonds is 7. The Morgan fingerprint density at radius 1 is 0.411 bits per heavy atom. The number of halogens is 2. The zero-order chi connectivity index (χ0) is 54.5. The van der Waals surface area contributed by atoms with Crippen LogP contribution in [0, 0.1) is 0 Å². The Morgan fingerprint density at radius 3 is 1.19 bits per heavy atom. The Morgan fingerprint density at radius 2 is 0.795 bits per heavy atom. The van der Waals surface area contributed by atoms with Crippen LogP contribution >= 0.6 is 27.5 Å². The van der Waals surface area contributed by atoms with E-state index in [0.717, 1.165) is 105 Å². The first kappa shape index (κ1) is 41.1. The van der Waals surface area contributed by atoms with Crippen LogP contribution in [0.3, 0.4) is 0 Å². The van der Waals surface area contributed by atoms with Gasteiger partial charge in [-0.15, -0.1) is 0 Å². The van der Waals surface area contributed by atoms with E-state index >= 15 is 0 Å². The minimum atomic E-state index is -0.434. The molecule has 10 aromatic carbocycles. The van der Waals surface area contributed by atoms with Gasteiger partial charge < -0.3 is 9.80 Å². The van der Waals surface area contributed by atoms with Gasteiger partial charge in [0.2, 0.25) is 0 Å². The molecular weight excluding hydrogens is 971 g/mol. The first-order chi connectivity index (χ1) is 37.4. The molecule has 2 heterocycles. The maximum absolute atomic E-state index is 9.27. The van der Waals surface area contributed by atoms with Gasteiger partial charge in [0, 0.05) is 54.5 Å². The normalized spacial score (nSPS) is 13.8. The molecule has 0 radical (unpaired) electrons. The molecule has 0 spiro atoms. The molecule has 0 unspecified atom stereocenters. The molecule has 2 aliphatic rings. The molecule has 0 saturated heterocycles. The number of fused-ring (bicyclic) bond motifs is 4. The van der Waals surface area contributed by atoms with Gasteiger partial charge in [-0.2, -0.15) is 0 Å². The van der Waals surface area contributed by atoms with Crippen molar-refractivity contribution in [3.63, 3.8) is 0 Å². The van der Waals surface area contributed by atoms with Crippen LogP contribution in [0.5, 0.6) is 0 Å². The lowest BCUT2D eigenvalue weighted by molar-refractivity contribution is 0.590. The number of hydrogen-bond acceptors (Lipinski definition) is 2. The maximum atomic E-state index is 9.27. The van der Waals surface area contributed by atoms with Crippen molar-refractivity contribution >= 4 is 84.8 Å². The summed E-state index contributed by atoms with van der Waals surface area (Å²) < 4.78 is 45.6. The van der Waals surface area contributed by atoms with Crippen molar-refractivity contribution < 1.29 is 6.85 Å². The van der Waals surface area contributed by atoms with E-state index < -0.39 is 6.04 Å². The van der Waals surface area contributed by atoms with Crippen molar-refractivity contribution in [2.24, 2.45) is 0 Å². The molecule has 0 atom stereocenters. The summed E-state index contributed by atoms with van der Waals surface area (Å²) in [6, 6.07) is 67.0. The first-order valence-electron chi connectivity index (χ1n) is 27.4. The monoisotopic (exact) mass is 1030 g/mol. The Hall–Kier alpha value is -7.37. The maximum Gasteiger partial charge on any atom is 0.252 e. The molecule has 0 aromatic heterocycles. The third-order valence-electron chi connectivity index (χ3n) is 14.5. The van der Waals surface area contributed by atoms with Gasteiger partial charge in [-0.25, -0.2) is 0 Å². The van der Waals surface area contributed by atoms with E-state index in [9.17, 15) is 2.74 Å². The summed E-state index contributed by atoms with van der Waals surface area (Å²) in [4.78, 5) is 4.80. The Balaban J connectivity index is 1.27. The van der Waals surface area contributed by atoms with Gasteiger partial charge in [-0.1, -0.05) is 239 Å². The van der Waals surface area contributed by atoms with Crippen molar-refractivity contribution in [2.45, 2.75) is 52.4 Å². The van der Waals surface area contributed by atoms with Crippen molar-refractivity contribution in [3.8, 4) is 55.6 Å². The molecule has 0 N–H and O–H groups in total. The standard InChI is InChI=1S/C68H55BBrClN2/c1-67(2,3)50-37-54(45-24-14-8-15-25-45)65(55(38-50)46-26-16-9-17-27-46)72-60-36-49(44-22-12-7-13-23-44)32-34-58(60)69-59-35-33-52(70)41-61(59)73(63-43-53(71)42-62(72)64(63)69)66-56(47-28-18-10-19-29-47)39-51(68(4,5)6)40-57(66)48-30-20-11-21-31-48/h7-43H,1-6H3/i7D,12D,13D,22D,23D. The molecule has 0 bridgehead atoms. The van der Waals surface area contributed by atoms with Crippen LogP contribution < -0.4 is 26.2 Å². The third-order valence-corrected chi connectivity index (χ3v) is 15.2. The highest BCUT2D eigenvalue weighted by molar-refractivity contribution is 9.10. The van der Waals surface area contributed by atoms with Crippen LogP contribution in [0.25, 0.3) is 55.6 Å². The van der Waals surface area contributed by atoms with Gasteiger partial charge in [0.15, 0.2) is 0 Å². The zero-order valence-electron chi connectivity index (χ0n) is 46.7. The van der Waals surface area contributed by atoms with Gasteiger partial charge in [-0.05, 0) is 126 Å². The molecule has 354 valence electrons. The predicted octanol–water partition coefficient (Wildman–Crippen LogP) is 18.1. The number of benzene rings is 10. The highest BCUT2D eigenvalue weighted by Gasteiger charge is 2.45. The summed E-state index contributed by atoms with van der Waals surface area (Å²) in [6.45, 7) is 13.2. The fraction of sp³-hybridized carbons (Fsp3) is 0.118. The zero-order valence-corrected chi connectivity index (χ0v) is 44.0. The van der Waals surface area contributed by atoms with E-state index in [0.29, 0.717) is 10.6 Å². The first-order valence-corrected chi connectivity index (χ1v) is 26.1. The van der Waals surface area contributed by atoms with E-state index in [-0.39, 0.29) is 47.3 Å². The van der Waals surface area contributed by atoms with Crippen LogP contribution in [0.15, 0.2) is 229 Å².